The molecule has 0 saturated carbocycles. The summed E-state index contributed by atoms with van der Waals surface area (Å²) in [6.07, 6.45) is -7.54. The number of nitrogens with zero attached hydrogens (tertiary/aromatic N) is 1. The van der Waals surface area contributed by atoms with Crippen molar-refractivity contribution in [1.29, 1.82) is 0 Å². The molecule has 2 heterocycles. The van der Waals surface area contributed by atoms with E-state index in [0.717, 1.165) is 23.1 Å². The highest BCUT2D eigenvalue weighted by Crippen LogP contribution is 2.39. The molecule has 2 aromatic carbocycles. The summed E-state index contributed by atoms with van der Waals surface area (Å²) in [5.74, 6) is -1.12. The average molecular weight is 456 g/mol. The molecule has 31 heavy (non-hydrogen) atoms. The summed E-state index contributed by atoms with van der Waals surface area (Å²) in [6, 6.07) is 12.0. The van der Waals surface area contributed by atoms with Crippen LogP contribution < -0.4 is 4.72 Å². The van der Waals surface area contributed by atoms with Crippen LogP contribution >= 0.6 is 11.9 Å². The third kappa shape index (κ3) is 4.17. The van der Waals surface area contributed by atoms with Gasteiger partial charge in [-0.2, -0.15) is 26.3 Å². The maximum atomic E-state index is 13.0. The Balaban J connectivity index is 1.88. The highest BCUT2D eigenvalue weighted by molar-refractivity contribution is 7.97. The largest absolute Gasteiger partial charge is 0.451 e. The standard InChI is InChI=1S/C21H14F6N2OS/c1-28-31-14-6-7-17-15(10-14)16(18-8-9-19(30-18)21(25,26)27)11-29(17)13-4-2-12(3-5-13)20(22,23)24/h2-11,28H,1H3. The van der Waals surface area contributed by atoms with Crippen LogP contribution in [0.15, 0.2) is 70.1 Å². The molecule has 0 fully saturated rings. The van der Waals surface area contributed by atoms with Crippen LogP contribution in [0.2, 0.25) is 0 Å². The second kappa shape index (κ2) is 7.69. The minimum absolute atomic E-state index is 0.00888. The van der Waals surface area contributed by atoms with E-state index in [1.165, 1.54) is 30.1 Å². The molecule has 0 atom stereocenters. The Morgan fingerprint density at radius 2 is 1.58 bits per heavy atom. The third-order valence-corrected chi connectivity index (χ3v) is 5.31. The van der Waals surface area contributed by atoms with Crippen molar-refractivity contribution in [1.82, 2.24) is 9.29 Å². The number of halogens is 6. The van der Waals surface area contributed by atoms with Gasteiger partial charge in [-0.25, -0.2) is 0 Å². The summed E-state index contributed by atoms with van der Waals surface area (Å²) in [6.45, 7) is 0. The van der Waals surface area contributed by atoms with Gasteiger partial charge < -0.3 is 8.98 Å². The first-order chi connectivity index (χ1) is 14.6. The smallest absolute Gasteiger partial charge is 0.449 e. The highest BCUT2D eigenvalue weighted by Gasteiger charge is 2.35. The van der Waals surface area contributed by atoms with Gasteiger partial charge in [0, 0.05) is 27.7 Å². The molecule has 0 saturated heterocycles. The number of rotatable bonds is 4. The summed E-state index contributed by atoms with van der Waals surface area (Å²) >= 11 is 1.32. The fraction of sp³-hybridized carbons (Fsp3) is 0.143. The van der Waals surface area contributed by atoms with Gasteiger partial charge in [0.15, 0.2) is 0 Å². The summed E-state index contributed by atoms with van der Waals surface area (Å²) in [5, 5.41) is 0.600. The van der Waals surface area contributed by atoms with Crippen molar-refractivity contribution in [3.05, 3.63) is 72.1 Å². The number of alkyl halides is 6. The molecular formula is C21H14F6N2OS. The second-order valence-corrected chi connectivity index (χ2v) is 7.69. The van der Waals surface area contributed by atoms with Gasteiger partial charge in [0.05, 0.1) is 11.1 Å². The van der Waals surface area contributed by atoms with Gasteiger partial charge in [0.25, 0.3) is 0 Å². The van der Waals surface area contributed by atoms with Crippen molar-refractivity contribution in [3.63, 3.8) is 0 Å². The van der Waals surface area contributed by atoms with E-state index in [0.29, 0.717) is 22.2 Å². The lowest BCUT2D eigenvalue weighted by atomic mass is 10.1. The number of fused-ring (bicyclic) bond motifs is 1. The predicted molar refractivity (Wildman–Crippen MR) is 106 cm³/mol. The van der Waals surface area contributed by atoms with Crippen LogP contribution in [0.1, 0.15) is 11.3 Å². The minimum atomic E-state index is -4.63. The Labute approximate surface area is 176 Å². The van der Waals surface area contributed by atoms with Crippen LogP contribution in [0, 0.1) is 0 Å². The third-order valence-electron chi connectivity index (χ3n) is 4.62. The normalized spacial score (nSPS) is 12.6. The fourth-order valence-corrected chi connectivity index (χ4v) is 3.80. The molecule has 4 aromatic rings. The fourth-order valence-electron chi connectivity index (χ4n) is 3.25. The second-order valence-electron chi connectivity index (χ2n) is 6.60. The Bertz CT molecular complexity index is 1220. The molecule has 3 nitrogen and oxygen atoms in total. The number of hydrogen-bond acceptors (Lipinski definition) is 3. The van der Waals surface area contributed by atoms with Crippen LogP contribution in [-0.4, -0.2) is 11.6 Å². The van der Waals surface area contributed by atoms with Crippen molar-refractivity contribution in [3.8, 4) is 17.0 Å². The SMILES string of the molecule is CNSc1ccc2c(c1)c(-c1ccc(C(F)(F)F)o1)cn2-c1ccc(C(F)(F)F)cc1. The van der Waals surface area contributed by atoms with E-state index in [4.69, 9.17) is 4.42 Å². The zero-order chi connectivity index (χ0) is 22.4. The summed E-state index contributed by atoms with van der Waals surface area (Å²) in [5.41, 5.74) is 0.645. The topological polar surface area (TPSA) is 30.1 Å². The molecule has 0 radical (unpaired) electrons. The van der Waals surface area contributed by atoms with Gasteiger partial charge in [-0.15, -0.1) is 0 Å². The molecule has 0 aliphatic rings. The summed E-state index contributed by atoms with van der Waals surface area (Å²) in [7, 11) is 1.73. The molecule has 0 amide bonds. The summed E-state index contributed by atoms with van der Waals surface area (Å²) in [4.78, 5) is 0.809. The average Bonchev–Trinajstić information content (AvgIpc) is 3.32. The number of hydrogen-bond donors (Lipinski definition) is 1. The molecule has 0 aliphatic carbocycles. The van der Waals surface area contributed by atoms with Gasteiger partial charge >= 0.3 is 12.4 Å². The van der Waals surface area contributed by atoms with E-state index >= 15 is 0 Å². The molecule has 4 rings (SSSR count). The number of nitrogens with one attached hydrogen (secondary N) is 1. The van der Waals surface area contributed by atoms with Crippen LogP contribution in [0.3, 0.4) is 0 Å². The van der Waals surface area contributed by atoms with E-state index in [-0.39, 0.29) is 5.76 Å². The van der Waals surface area contributed by atoms with Crippen LogP contribution in [0.25, 0.3) is 27.9 Å². The monoisotopic (exact) mass is 456 g/mol. The van der Waals surface area contributed by atoms with Crippen LogP contribution in [-0.2, 0) is 12.4 Å². The van der Waals surface area contributed by atoms with Crippen molar-refractivity contribution >= 4 is 22.9 Å². The number of furan rings is 1. The van der Waals surface area contributed by atoms with Crippen molar-refractivity contribution in [2.45, 2.75) is 17.2 Å². The van der Waals surface area contributed by atoms with E-state index in [1.807, 2.05) is 0 Å². The van der Waals surface area contributed by atoms with Crippen LogP contribution in [0.5, 0.6) is 0 Å². The minimum Gasteiger partial charge on any atom is -0.451 e. The van der Waals surface area contributed by atoms with E-state index in [1.54, 1.807) is 36.0 Å². The highest BCUT2D eigenvalue weighted by atomic mass is 32.2. The first-order valence-electron chi connectivity index (χ1n) is 8.91. The van der Waals surface area contributed by atoms with Gasteiger partial charge in [-0.05, 0) is 73.6 Å². The van der Waals surface area contributed by atoms with Gasteiger partial charge in [0.2, 0.25) is 5.76 Å². The molecule has 10 heteroatoms. The maximum Gasteiger partial charge on any atom is 0.449 e. The van der Waals surface area contributed by atoms with Crippen LogP contribution in [0.4, 0.5) is 26.3 Å². The molecule has 2 aromatic heterocycles. The lowest BCUT2D eigenvalue weighted by Gasteiger charge is -2.09. The molecule has 1 N–H and O–H groups in total. The Morgan fingerprint density at radius 1 is 0.871 bits per heavy atom. The Hall–Kier alpha value is -2.85. The van der Waals surface area contributed by atoms with Gasteiger partial charge in [0.1, 0.15) is 5.76 Å². The van der Waals surface area contributed by atoms with Crippen molar-refractivity contribution < 1.29 is 30.8 Å². The quantitative estimate of drug-likeness (QED) is 0.261. The molecular weight excluding hydrogens is 442 g/mol. The lowest BCUT2D eigenvalue weighted by Crippen LogP contribution is -2.04. The Morgan fingerprint density at radius 3 is 2.16 bits per heavy atom. The molecule has 0 aliphatic heterocycles. The first kappa shape index (κ1) is 21.4. The van der Waals surface area contributed by atoms with E-state index in [2.05, 4.69) is 4.72 Å². The maximum absolute atomic E-state index is 13.0. The van der Waals surface area contributed by atoms with Crippen molar-refractivity contribution in [2.75, 3.05) is 7.05 Å². The lowest BCUT2D eigenvalue weighted by molar-refractivity contribution is -0.152. The van der Waals surface area contributed by atoms with E-state index in [9.17, 15) is 26.3 Å². The van der Waals surface area contributed by atoms with Gasteiger partial charge in [-0.3, -0.25) is 4.72 Å². The Kier molecular flexibility index (Phi) is 5.30. The van der Waals surface area contributed by atoms with Gasteiger partial charge in [-0.1, -0.05) is 0 Å². The number of benzene rings is 2. The van der Waals surface area contributed by atoms with Crippen molar-refractivity contribution in [2.24, 2.45) is 0 Å². The molecule has 162 valence electrons. The molecule has 0 spiro atoms. The number of aromatic nitrogens is 1. The zero-order valence-corrected chi connectivity index (χ0v) is 16.6. The first-order valence-corrected chi connectivity index (χ1v) is 9.73. The van der Waals surface area contributed by atoms with E-state index < -0.39 is 23.7 Å². The zero-order valence-electron chi connectivity index (χ0n) is 15.8. The summed E-state index contributed by atoms with van der Waals surface area (Å²) < 4.78 is 87.3. The molecule has 0 bridgehead atoms. The molecule has 0 unspecified atom stereocenters. The predicted octanol–water partition coefficient (Wildman–Crippen LogP) is 7.15.